The third kappa shape index (κ3) is 4.81. The van der Waals surface area contributed by atoms with E-state index in [9.17, 15) is 20.1 Å². The maximum Gasteiger partial charge on any atom is 0.322 e. The molecule has 0 bridgehead atoms. The van der Waals surface area contributed by atoms with Gasteiger partial charge in [-0.1, -0.05) is 51.1 Å². The monoisotopic (exact) mass is 755 g/mol. The SMILES string of the molecule is CCc1c([C@@](C[C@@H]2CNC[C@](O)(CC)C2)(C(=O)OC)c2cc3c(cc2OC)N(C)[C@H]2[C@@](O)(C(N)=O)[C@H](O)[C@]4(CC)C=CCN5CC[C@]32[C@@H]54)[nH]c2ccccc12. The Morgan fingerprint density at radius 2 is 1.85 bits per heavy atom. The third-order valence-electron chi connectivity index (χ3n) is 14.8. The fourth-order valence-corrected chi connectivity index (χ4v) is 12.4. The second-order valence-corrected chi connectivity index (χ2v) is 17.0. The minimum Gasteiger partial charge on any atom is -0.496 e. The molecule has 3 fully saturated rings. The number of piperidine rings is 1. The lowest BCUT2D eigenvalue weighted by atomic mass is 9.47. The highest BCUT2D eigenvalue weighted by molar-refractivity contribution is 5.95. The molecule has 1 spiro atoms. The van der Waals surface area contributed by atoms with Gasteiger partial charge < -0.3 is 45.7 Å². The molecule has 3 aromatic rings. The zero-order chi connectivity index (χ0) is 39.3. The molecule has 1 saturated carbocycles. The van der Waals surface area contributed by atoms with Crippen LogP contribution in [0.2, 0.25) is 0 Å². The molecule has 4 aliphatic heterocycles. The zero-order valence-electron chi connectivity index (χ0n) is 32.9. The molecular weight excluding hydrogens is 699 g/mol. The Morgan fingerprint density at radius 3 is 2.53 bits per heavy atom. The van der Waals surface area contributed by atoms with E-state index in [1.54, 1.807) is 7.11 Å². The van der Waals surface area contributed by atoms with Gasteiger partial charge in [0.25, 0.3) is 5.91 Å². The molecule has 296 valence electrons. The van der Waals surface area contributed by atoms with Gasteiger partial charge in [-0.05, 0) is 80.8 Å². The van der Waals surface area contributed by atoms with E-state index in [1.165, 1.54) is 7.11 Å². The van der Waals surface area contributed by atoms with Gasteiger partial charge in [-0.15, -0.1) is 0 Å². The van der Waals surface area contributed by atoms with E-state index in [-0.39, 0.29) is 12.0 Å². The quantitative estimate of drug-likeness (QED) is 0.134. The van der Waals surface area contributed by atoms with Gasteiger partial charge in [0.05, 0.1) is 25.9 Å². The number of ether oxygens (including phenoxy) is 2. The molecule has 1 aromatic heterocycles. The number of aliphatic hydroxyl groups excluding tert-OH is 1. The first kappa shape index (κ1) is 38.0. The van der Waals surface area contributed by atoms with Gasteiger partial charge >= 0.3 is 5.97 Å². The molecule has 5 heterocycles. The maximum atomic E-state index is 15.2. The lowest BCUT2D eigenvalue weighted by Crippen LogP contribution is -2.81. The summed E-state index contributed by atoms with van der Waals surface area (Å²) < 4.78 is 12.2. The van der Waals surface area contributed by atoms with Crippen LogP contribution in [0, 0.1) is 11.3 Å². The first-order valence-corrected chi connectivity index (χ1v) is 20.0. The largest absolute Gasteiger partial charge is 0.496 e. The van der Waals surface area contributed by atoms with Crippen LogP contribution in [0.5, 0.6) is 5.75 Å². The van der Waals surface area contributed by atoms with Crippen molar-refractivity contribution in [1.29, 1.82) is 0 Å². The number of aromatic amines is 1. The topological polar surface area (TPSA) is 174 Å². The Labute approximate surface area is 323 Å². The molecular formula is C43H57N5O7. The van der Waals surface area contributed by atoms with Gasteiger partial charge in [0.15, 0.2) is 5.60 Å². The summed E-state index contributed by atoms with van der Waals surface area (Å²) in [4.78, 5) is 36.8. The van der Waals surface area contributed by atoms with Crippen LogP contribution in [0.4, 0.5) is 5.69 Å². The fraction of sp³-hybridized carbons (Fsp3) is 0.581. The van der Waals surface area contributed by atoms with Crippen LogP contribution in [-0.2, 0) is 31.6 Å². The number of aromatic nitrogens is 1. The number of amides is 1. The van der Waals surface area contributed by atoms with Crippen LogP contribution in [0.3, 0.4) is 0 Å². The normalized spacial score (nSPS) is 34.9. The number of nitrogens with zero attached hydrogens (tertiary/aromatic N) is 2. The number of likely N-dealkylation sites (N-methyl/N-ethyl adjacent to an activating group) is 1. The number of nitrogens with two attached hydrogens (primary N) is 1. The molecule has 1 aliphatic carbocycles. The van der Waals surface area contributed by atoms with Gasteiger partial charge in [0.2, 0.25) is 0 Å². The maximum absolute atomic E-state index is 15.2. The zero-order valence-corrected chi connectivity index (χ0v) is 32.9. The standard InChI is InChI=1S/C43H57N5O7/c1-7-26-27-13-10-11-14-30(27)46-33(26)42(38(51)55-6,22-25-21-39(52,8-2)24-45-23-25)29-19-28-31(20-32(29)54-5)47(4)35-41(28)16-18-48-17-12-15-40(9-3,34(41)48)36(49)43(35,53)37(44)50/h10-15,19-20,25,34-36,45-46,49,52-53H,7-9,16-18,21-24H2,1-6H3,(H2,44,50)/t25-,34+,35-,36-,39+,40-,41-,42+,43+/m1/s1. The van der Waals surface area contributed by atoms with E-state index in [2.05, 4.69) is 34.3 Å². The number of H-pyrrole nitrogens is 1. The van der Waals surface area contributed by atoms with E-state index in [4.69, 9.17) is 15.2 Å². The summed E-state index contributed by atoms with van der Waals surface area (Å²) in [5, 5.41) is 41.1. The Hall–Kier alpha value is -3.94. The number of carbonyl (C=O) groups is 2. The predicted molar refractivity (Wildman–Crippen MR) is 210 cm³/mol. The highest BCUT2D eigenvalue weighted by atomic mass is 16.5. The summed E-state index contributed by atoms with van der Waals surface area (Å²) in [7, 11) is 4.85. The molecule has 8 rings (SSSR count). The number of rotatable bonds is 10. The lowest BCUT2D eigenvalue weighted by molar-refractivity contribution is -0.201. The number of aliphatic hydroxyl groups is 3. The van der Waals surface area contributed by atoms with Crippen molar-refractivity contribution in [2.24, 2.45) is 17.1 Å². The van der Waals surface area contributed by atoms with Crippen molar-refractivity contribution in [2.75, 3.05) is 52.3 Å². The molecule has 7 N–H and O–H groups in total. The summed E-state index contributed by atoms with van der Waals surface area (Å²) in [5.74, 6) is -1.11. The van der Waals surface area contributed by atoms with Crippen molar-refractivity contribution in [3.63, 3.8) is 0 Å². The van der Waals surface area contributed by atoms with Gasteiger partial charge in [0.1, 0.15) is 17.3 Å². The number of esters is 1. The summed E-state index contributed by atoms with van der Waals surface area (Å²) >= 11 is 0. The predicted octanol–water partition coefficient (Wildman–Crippen LogP) is 3.03. The van der Waals surface area contributed by atoms with Crippen LogP contribution in [0.15, 0.2) is 48.6 Å². The van der Waals surface area contributed by atoms with Crippen LogP contribution in [-0.4, -0.2) is 114 Å². The van der Waals surface area contributed by atoms with E-state index in [1.807, 2.05) is 62.2 Å². The van der Waals surface area contributed by atoms with Crippen LogP contribution < -0.4 is 20.7 Å². The molecule has 0 radical (unpaired) electrons. The van der Waals surface area contributed by atoms with E-state index in [0.29, 0.717) is 76.0 Å². The van der Waals surface area contributed by atoms with Crippen molar-refractivity contribution < 1.29 is 34.4 Å². The number of anilines is 1. The molecule has 0 unspecified atom stereocenters. The molecule has 55 heavy (non-hydrogen) atoms. The molecule has 2 saturated heterocycles. The number of fused-ring (bicyclic) bond motifs is 2. The third-order valence-corrected chi connectivity index (χ3v) is 14.8. The van der Waals surface area contributed by atoms with E-state index >= 15 is 4.79 Å². The summed E-state index contributed by atoms with van der Waals surface area (Å²) in [6.45, 7) is 8.47. The van der Waals surface area contributed by atoms with Crippen molar-refractivity contribution in [3.8, 4) is 5.75 Å². The van der Waals surface area contributed by atoms with Gasteiger partial charge in [-0.2, -0.15) is 0 Å². The molecule has 1 amide bonds. The summed E-state index contributed by atoms with van der Waals surface area (Å²) in [6.07, 6.45) is 5.61. The average molecular weight is 756 g/mol. The van der Waals surface area contributed by atoms with Crippen molar-refractivity contribution in [1.82, 2.24) is 15.2 Å². The number of primary amides is 1. The Bertz CT molecular complexity index is 2070. The number of methoxy groups -OCH3 is 2. The number of nitrogens with one attached hydrogen (secondary N) is 2. The number of carbonyl (C=O) groups excluding carboxylic acids is 2. The Morgan fingerprint density at radius 1 is 1.09 bits per heavy atom. The number of benzene rings is 2. The smallest absolute Gasteiger partial charge is 0.322 e. The van der Waals surface area contributed by atoms with Crippen LogP contribution in [0.25, 0.3) is 10.9 Å². The highest BCUT2D eigenvalue weighted by Crippen LogP contribution is 2.67. The van der Waals surface area contributed by atoms with Gasteiger partial charge in [-0.25, -0.2) is 0 Å². The van der Waals surface area contributed by atoms with E-state index in [0.717, 1.165) is 33.4 Å². The lowest BCUT2D eigenvalue weighted by Gasteiger charge is -2.63. The molecule has 12 heteroatoms. The van der Waals surface area contributed by atoms with Gasteiger partial charge in [-0.3, -0.25) is 14.5 Å². The number of β-amino-alcohol motifs (C(OH)–C–C–N with tert-alkyl or cyclic N) is 1. The molecule has 2 aromatic carbocycles. The summed E-state index contributed by atoms with van der Waals surface area (Å²) in [6, 6.07) is 10.9. The highest BCUT2D eigenvalue weighted by Gasteiger charge is 2.78. The fourth-order valence-electron chi connectivity index (χ4n) is 12.4. The minimum absolute atomic E-state index is 0.136. The number of para-hydroxylation sites is 1. The van der Waals surface area contributed by atoms with Crippen LogP contribution >= 0.6 is 0 Å². The summed E-state index contributed by atoms with van der Waals surface area (Å²) in [5.41, 5.74) is 4.45. The Balaban J connectivity index is 1.46. The minimum atomic E-state index is -2.31. The molecule has 12 nitrogen and oxygen atoms in total. The number of aryl methyl sites for hydroxylation is 1. The first-order valence-electron chi connectivity index (χ1n) is 20.0. The van der Waals surface area contributed by atoms with E-state index < -0.39 is 51.5 Å². The number of hydrogen-bond acceptors (Lipinski definition) is 10. The Kier molecular flexibility index (Phi) is 9.01. The molecule has 9 atom stereocenters. The second kappa shape index (κ2) is 13.1. The van der Waals surface area contributed by atoms with Gasteiger partial charge in [0, 0.05) is 70.9 Å². The van der Waals surface area contributed by atoms with Crippen LogP contribution in [0.1, 0.15) is 75.3 Å². The number of hydrogen-bond donors (Lipinski definition) is 6. The first-order chi connectivity index (χ1) is 26.3. The van der Waals surface area contributed by atoms with Crippen molar-refractivity contribution in [3.05, 3.63) is 70.9 Å². The van der Waals surface area contributed by atoms with Crippen molar-refractivity contribution in [2.45, 2.75) is 99.5 Å². The molecule has 5 aliphatic rings. The second-order valence-electron chi connectivity index (χ2n) is 17.0. The van der Waals surface area contributed by atoms with Crippen molar-refractivity contribution >= 4 is 28.5 Å². The average Bonchev–Trinajstić information content (AvgIpc) is 3.85.